The van der Waals surface area contributed by atoms with Crippen molar-refractivity contribution in [1.82, 2.24) is 14.9 Å². The van der Waals surface area contributed by atoms with E-state index < -0.39 is 0 Å². The summed E-state index contributed by atoms with van der Waals surface area (Å²) < 4.78 is 0. The molecule has 2 heterocycles. The molecule has 3 rings (SSSR count). The first-order valence-corrected chi connectivity index (χ1v) is 7.75. The van der Waals surface area contributed by atoms with Gasteiger partial charge in [-0.1, -0.05) is 13.8 Å². The summed E-state index contributed by atoms with van der Waals surface area (Å²) in [6, 6.07) is 0. The van der Waals surface area contributed by atoms with E-state index in [9.17, 15) is 4.79 Å². The number of rotatable bonds is 3. The lowest BCUT2D eigenvalue weighted by molar-refractivity contribution is -0.133. The molecule has 1 aliphatic carbocycles. The summed E-state index contributed by atoms with van der Waals surface area (Å²) in [5.41, 5.74) is 2.17. The van der Waals surface area contributed by atoms with Crippen LogP contribution >= 0.6 is 0 Å². The average Bonchev–Trinajstić information content (AvgIpc) is 3.31. The Morgan fingerprint density at radius 2 is 1.90 bits per heavy atom. The Morgan fingerprint density at radius 3 is 2.50 bits per heavy atom. The van der Waals surface area contributed by atoms with Crippen LogP contribution in [0.2, 0.25) is 0 Å². The summed E-state index contributed by atoms with van der Waals surface area (Å²) in [6.07, 6.45) is 8.00. The first-order chi connectivity index (χ1) is 9.65. The van der Waals surface area contributed by atoms with Crippen molar-refractivity contribution < 1.29 is 4.79 Å². The molecule has 1 saturated heterocycles. The van der Waals surface area contributed by atoms with Crippen LogP contribution in [0.3, 0.4) is 0 Å². The van der Waals surface area contributed by atoms with Crippen LogP contribution in [0.1, 0.15) is 62.8 Å². The minimum absolute atomic E-state index is 0.343. The summed E-state index contributed by atoms with van der Waals surface area (Å²) in [4.78, 5) is 23.2. The van der Waals surface area contributed by atoms with Crippen molar-refractivity contribution in [3.05, 3.63) is 23.8 Å². The van der Waals surface area contributed by atoms with Gasteiger partial charge >= 0.3 is 0 Å². The standard InChI is InChI=1S/C16H23N3O/c1-11(2)14-9-17-10-15(18-14)12-5-7-19(8-6-12)16(20)13-3-4-13/h9-13H,3-8H2,1-2H3. The third kappa shape index (κ3) is 2.84. The van der Waals surface area contributed by atoms with Crippen molar-refractivity contribution >= 4 is 5.91 Å². The van der Waals surface area contributed by atoms with Crippen molar-refractivity contribution in [2.24, 2.45) is 5.92 Å². The van der Waals surface area contributed by atoms with E-state index in [0.717, 1.165) is 50.2 Å². The lowest BCUT2D eigenvalue weighted by Gasteiger charge is -2.32. The van der Waals surface area contributed by atoms with Gasteiger partial charge in [0.15, 0.2) is 0 Å². The van der Waals surface area contributed by atoms with Gasteiger partial charge in [-0.3, -0.25) is 14.8 Å². The number of likely N-dealkylation sites (tertiary alicyclic amines) is 1. The van der Waals surface area contributed by atoms with Gasteiger partial charge < -0.3 is 4.90 Å². The molecule has 108 valence electrons. The Labute approximate surface area is 120 Å². The van der Waals surface area contributed by atoms with Crippen molar-refractivity contribution in [2.75, 3.05) is 13.1 Å². The molecule has 0 spiro atoms. The minimum Gasteiger partial charge on any atom is -0.342 e. The third-order valence-electron chi connectivity index (χ3n) is 4.41. The van der Waals surface area contributed by atoms with Crippen molar-refractivity contribution in [3.8, 4) is 0 Å². The Morgan fingerprint density at radius 1 is 1.20 bits per heavy atom. The van der Waals surface area contributed by atoms with Gasteiger partial charge in [-0.05, 0) is 31.6 Å². The fourth-order valence-electron chi connectivity index (χ4n) is 2.86. The number of hydrogen-bond donors (Lipinski definition) is 0. The van der Waals surface area contributed by atoms with Gasteiger partial charge in [0.1, 0.15) is 0 Å². The van der Waals surface area contributed by atoms with E-state index in [4.69, 9.17) is 4.98 Å². The molecule has 1 saturated carbocycles. The Hall–Kier alpha value is -1.45. The zero-order valence-corrected chi connectivity index (χ0v) is 12.4. The topological polar surface area (TPSA) is 46.1 Å². The van der Waals surface area contributed by atoms with Crippen LogP contribution in [0.15, 0.2) is 12.4 Å². The molecule has 0 atom stereocenters. The van der Waals surface area contributed by atoms with Crippen molar-refractivity contribution in [2.45, 2.75) is 51.4 Å². The first-order valence-electron chi connectivity index (χ1n) is 7.75. The molecule has 0 bridgehead atoms. The Bertz CT molecular complexity index is 488. The fraction of sp³-hybridized carbons (Fsp3) is 0.688. The number of nitrogens with zero attached hydrogens (tertiary/aromatic N) is 3. The molecule has 0 N–H and O–H groups in total. The molecule has 1 aliphatic heterocycles. The molecule has 1 aromatic heterocycles. The molecule has 2 aliphatic rings. The zero-order chi connectivity index (χ0) is 14.1. The maximum Gasteiger partial charge on any atom is 0.225 e. The van der Waals surface area contributed by atoms with Gasteiger partial charge in [0.2, 0.25) is 5.91 Å². The van der Waals surface area contributed by atoms with Crippen LogP contribution in [-0.2, 0) is 4.79 Å². The maximum atomic E-state index is 12.0. The van der Waals surface area contributed by atoms with E-state index in [0.29, 0.717) is 23.7 Å². The van der Waals surface area contributed by atoms with Gasteiger partial charge in [0.05, 0.1) is 11.4 Å². The number of hydrogen-bond acceptors (Lipinski definition) is 3. The molecule has 0 radical (unpaired) electrons. The number of piperidine rings is 1. The second-order valence-corrected chi connectivity index (χ2v) is 6.40. The van der Waals surface area contributed by atoms with E-state index in [-0.39, 0.29) is 0 Å². The summed E-state index contributed by atoms with van der Waals surface area (Å²) in [5, 5.41) is 0. The van der Waals surface area contributed by atoms with E-state index in [1.807, 2.05) is 17.3 Å². The summed E-state index contributed by atoms with van der Waals surface area (Å²) in [7, 11) is 0. The lowest BCUT2D eigenvalue weighted by atomic mass is 9.93. The van der Waals surface area contributed by atoms with Gasteiger partial charge in [0, 0.05) is 37.3 Å². The molecule has 1 amide bonds. The summed E-state index contributed by atoms with van der Waals surface area (Å²) in [5.74, 6) is 1.60. The highest BCUT2D eigenvalue weighted by Crippen LogP contribution is 2.34. The van der Waals surface area contributed by atoms with Crippen LogP contribution in [-0.4, -0.2) is 33.9 Å². The molecule has 1 aromatic rings. The number of amides is 1. The Balaban J connectivity index is 1.62. The molecule has 0 aromatic carbocycles. The number of carbonyl (C=O) groups is 1. The Kier molecular flexibility index (Phi) is 3.72. The van der Waals surface area contributed by atoms with Crippen LogP contribution in [0.5, 0.6) is 0 Å². The number of carbonyl (C=O) groups excluding carboxylic acids is 1. The van der Waals surface area contributed by atoms with E-state index >= 15 is 0 Å². The largest absolute Gasteiger partial charge is 0.342 e. The maximum absolute atomic E-state index is 12.0. The predicted molar refractivity (Wildman–Crippen MR) is 77.4 cm³/mol. The predicted octanol–water partition coefficient (Wildman–Crippen LogP) is 2.72. The van der Waals surface area contributed by atoms with E-state index in [1.54, 1.807) is 0 Å². The van der Waals surface area contributed by atoms with Crippen LogP contribution in [0.4, 0.5) is 0 Å². The second-order valence-electron chi connectivity index (χ2n) is 6.40. The highest BCUT2D eigenvalue weighted by molar-refractivity contribution is 5.81. The van der Waals surface area contributed by atoms with Gasteiger partial charge in [-0.2, -0.15) is 0 Å². The average molecular weight is 273 g/mol. The molecular weight excluding hydrogens is 250 g/mol. The van der Waals surface area contributed by atoms with Crippen molar-refractivity contribution in [3.63, 3.8) is 0 Å². The molecule has 0 unspecified atom stereocenters. The molecule has 4 nitrogen and oxygen atoms in total. The highest BCUT2D eigenvalue weighted by atomic mass is 16.2. The highest BCUT2D eigenvalue weighted by Gasteiger charge is 2.35. The van der Waals surface area contributed by atoms with Gasteiger partial charge in [0.25, 0.3) is 0 Å². The summed E-state index contributed by atoms with van der Waals surface area (Å²) in [6.45, 7) is 6.05. The lowest BCUT2D eigenvalue weighted by Crippen LogP contribution is -2.38. The van der Waals surface area contributed by atoms with Gasteiger partial charge in [-0.25, -0.2) is 0 Å². The smallest absolute Gasteiger partial charge is 0.225 e. The third-order valence-corrected chi connectivity index (χ3v) is 4.41. The summed E-state index contributed by atoms with van der Waals surface area (Å²) >= 11 is 0. The van der Waals surface area contributed by atoms with Crippen LogP contribution < -0.4 is 0 Å². The zero-order valence-electron chi connectivity index (χ0n) is 12.4. The van der Waals surface area contributed by atoms with Crippen LogP contribution in [0, 0.1) is 5.92 Å². The second kappa shape index (κ2) is 5.51. The van der Waals surface area contributed by atoms with Crippen LogP contribution in [0.25, 0.3) is 0 Å². The monoisotopic (exact) mass is 273 g/mol. The minimum atomic E-state index is 0.343. The molecule has 2 fully saturated rings. The van der Waals surface area contributed by atoms with E-state index in [1.165, 1.54) is 0 Å². The molecule has 4 heteroatoms. The SMILES string of the molecule is CC(C)c1cncc(C2CCN(C(=O)C3CC3)CC2)n1. The number of aromatic nitrogens is 2. The van der Waals surface area contributed by atoms with Gasteiger partial charge in [-0.15, -0.1) is 0 Å². The first kappa shape index (κ1) is 13.5. The quantitative estimate of drug-likeness (QED) is 0.850. The van der Waals surface area contributed by atoms with Crippen molar-refractivity contribution in [1.29, 1.82) is 0 Å². The fourth-order valence-corrected chi connectivity index (χ4v) is 2.86. The molecular formula is C16H23N3O. The van der Waals surface area contributed by atoms with E-state index in [2.05, 4.69) is 18.8 Å². The normalized spacial score (nSPS) is 20.4. The molecule has 20 heavy (non-hydrogen) atoms.